The molecule has 2 fully saturated rings. The maximum absolute atomic E-state index is 5.69. The van der Waals surface area contributed by atoms with Crippen LogP contribution in [-0.4, -0.2) is 71.5 Å². The molecule has 4 heterocycles. The number of hydrogen-bond donors (Lipinski definition) is 3. The van der Waals surface area contributed by atoms with Gasteiger partial charge in [0.2, 0.25) is 11.2 Å². The molecule has 2 aliphatic heterocycles. The first kappa shape index (κ1) is 25.0. The number of morpholine rings is 2. The minimum Gasteiger partial charge on any atom is -0.384 e. The Labute approximate surface area is 188 Å². The van der Waals surface area contributed by atoms with Gasteiger partial charge in [0, 0.05) is 49.7 Å². The van der Waals surface area contributed by atoms with Gasteiger partial charge in [-0.25, -0.2) is 15.0 Å². The van der Waals surface area contributed by atoms with Crippen LogP contribution in [0.1, 0.15) is 25.2 Å². The van der Waals surface area contributed by atoms with Gasteiger partial charge >= 0.3 is 0 Å². The van der Waals surface area contributed by atoms with Crippen molar-refractivity contribution in [2.75, 3.05) is 55.8 Å². The summed E-state index contributed by atoms with van der Waals surface area (Å²) in [5.74, 6) is 1.65. The highest BCUT2D eigenvalue weighted by Crippen LogP contribution is 2.15. The Kier molecular flexibility index (Phi) is 10.1. The van der Waals surface area contributed by atoms with Crippen molar-refractivity contribution in [2.24, 2.45) is 0 Å². The molecule has 172 valence electrons. The predicted molar refractivity (Wildman–Crippen MR) is 123 cm³/mol. The summed E-state index contributed by atoms with van der Waals surface area (Å²) in [6.45, 7) is 13.1. The molecule has 2 saturated heterocycles. The molecule has 0 spiro atoms. The van der Waals surface area contributed by atoms with Gasteiger partial charge in [0.05, 0.1) is 25.4 Å². The SMILES string of the molecule is C[C@@H]1CNCCO1.Cc1cc(N)nc(Cl)n1.Cc1cc(N)nc(N2CCO[C@H](C)C2)n1. The van der Waals surface area contributed by atoms with Crippen molar-refractivity contribution in [2.45, 2.75) is 39.9 Å². The maximum atomic E-state index is 5.69. The number of nitrogens with zero attached hydrogens (tertiary/aromatic N) is 5. The van der Waals surface area contributed by atoms with E-state index in [0.29, 0.717) is 23.7 Å². The number of nitrogens with two attached hydrogens (primary N) is 2. The first-order chi connectivity index (χ1) is 14.7. The fourth-order valence-electron chi connectivity index (χ4n) is 2.97. The van der Waals surface area contributed by atoms with E-state index in [-0.39, 0.29) is 11.4 Å². The molecule has 2 aromatic heterocycles. The van der Waals surface area contributed by atoms with Crippen LogP contribution in [0.15, 0.2) is 12.1 Å². The molecular weight excluding hydrogens is 420 g/mol. The molecule has 2 atom stereocenters. The van der Waals surface area contributed by atoms with Crippen LogP contribution >= 0.6 is 11.6 Å². The molecule has 2 aliphatic rings. The molecule has 0 amide bonds. The highest BCUT2D eigenvalue weighted by atomic mass is 35.5. The van der Waals surface area contributed by atoms with Crippen molar-refractivity contribution in [3.63, 3.8) is 0 Å². The smallest absolute Gasteiger partial charge is 0.227 e. The van der Waals surface area contributed by atoms with Crippen LogP contribution in [0.4, 0.5) is 17.6 Å². The lowest BCUT2D eigenvalue weighted by Gasteiger charge is -2.31. The molecular formula is C20H33ClN8O2. The van der Waals surface area contributed by atoms with E-state index < -0.39 is 0 Å². The predicted octanol–water partition coefficient (Wildman–Crippen LogP) is 1.61. The molecule has 0 aliphatic carbocycles. The molecule has 5 N–H and O–H groups in total. The van der Waals surface area contributed by atoms with Crippen molar-refractivity contribution in [3.8, 4) is 0 Å². The standard InChI is InChI=1S/C10H16N4O.C5H6ClN3.C5H11NO/c1-7-5-9(11)13-10(12-7)14-3-4-15-8(2)6-14;1-3-2-4(7)9-5(6)8-3;1-5-4-6-2-3-7-5/h5,8H,3-4,6H2,1-2H3,(H2,11,12,13);2H,1H3,(H2,7,8,9);5-6H,2-4H2,1H3/t8-;;5-/m1.1/s1. The van der Waals surface area contributed by atoms with Gasteiger partial charge in [0.25, 0.3) is 0 Å². The molecule has 0 aromatic carbocycles. The number of aromatic nitrogens is 4. The van der Waals surface area contributed by atoms with Crippen molar-refractivity contribution in [3.05, 3.63) is 28.8 Å². The zero-order valence-electron chi connectivity index (χ0n) is 18.6. The Morgan fingerprint density at radius 3 is 2.10 bits per heavy atom. The van der Waals surface area contributed by atoms with Crippen LogP contribution in [-0.2, 0) is 9.47 Å². The fraction of sp³-hybridized carbons (Fsp3) is 0.600. The van der Waals surface area contributed by atoms with Crippen molar-refractivity contribution in [1.29, 1.82) is 0 Å². The molecule has 10 nitrogen and oxygen atoms in total. The zero-order valence-corrected chi connectivity index (χ0v) is 19.4. The minimum absolute atomic E-state index is 0.201. The number of hydrogen-bond acceptors (Lipinski definition) is 10. The number of aryl methyl sites for hydroxylation is 2. The van der Waals surface area contributed by atoms with E-state index in [2.05, 4.69) is 37.1 Å². The quantitative estimate of drug-likeness (QED) is 0.547. The Morgan fingerprint density at radius 2 is 1.61 bits per heavy atom. The summed E-state index contributed by atoms with van der Waals surface area (Å²) in [5.41, 5.74) is 12.7. The normalized spacial score (nSPS) is 20.7. The Hall–Kier alpha value is -2.27. The van der Waals surface area contributed by atoms with E-state index in [1.165, 1.54) is 0 Å². The van der Waals surface area contributed by atoms with Gasteiger partial charge in [-0.1, -0.05) is 0 Å². The summed E-state index contributed by atoms with van der Waals surface area (Å²) < 4.78 is 10.7. The fourth-order valence-corrected chi connectivity index (χ4v) is 3.20. The molecule has 0 saturated carbocycles. The highest BCUT2D eigenvalue weighted by molar-refractivity contribution is 6.28. The van der Waals surface area contributed by atoms with E-state index in [0.717, 1.165) is 50.8 Å². The van der Waals surface area contributed by atoms with Crippen LogP contribution in [0.5, 0.6) is 0 Å². The average molecular weight is 453 g/mol. The summed E-state index contributed by atoms with van der Waals surface area (Å²) >= 11 is 5.45. The minimum atomic E-state index is 0.201. The third kappa shape index (κ3) is 9.60. The van der Waals surface area contributed by atoms with Gasteiger partial charge in [-0.05, 0) is 39.3 Å². The molecule has 31 heavy (non-hydrogen) atoms. The first-order valence-electron chi connectivity index (χ1n) is 10.3. The lowest BCUT2D eigenvalue weighted by Crippen LogP contribution is -2.42. The molecule has 0 radical (unpaired) electrons. The van der Waals surface area contributed by atoms with Crippen LogP contribution in [0.3, 0.4) is 0 Å². The lowest BCUT2D eigenvalue weighted by molar-refractivity contribution is 0.0410. The lowest BCUT2D eigenvalue weighted by atomic mass is 10.3. The Morgan fingerprint density at radius 1 is 0.968 bits per heavy atom. The van der Waals surface area contributed by atoms with Gasteiger partial charge in [-0.3, -0.25) is 0 Å². The van der Waals surface area contributed by atoms with E-state index >= 15 is 0 Å². The second kappa shape index (κ2) is 12.6. The van der Waals surface area contributed by atoms with Crippen molar-refractivity contribution in [1.82, 2.24) is 25.3 Å². The van der Waals surface area contributed by atoms with Gasteiger partial charge in [-0.15, -0.1) is 0 Å². The van der Waals surface area contributed by atoms with Crippen LogP contribution in [0.25, 0.3) is 0 Å². The van der Waals surface area contributed by atoms with E-state index in [1.807, 2.05) is 20.8 Å². The van der Waals surface area contributed by atoms with Gasteiger partial charge in [0.15, 0.2) is 0 Å². The van der Waals surface area contributed by atoms with Gasteiger partial charge < -0.3 is 31.2 Å². The monoisotopic (exact) mass is 452 g/mol. The maximum Gasteiger partial charge on any atom is 0.227 e. The van der Waals surface area contributed by atoms with Crippen LogP contribution < -0.4 is 21.7 Å². The number of rotatable bonds is 1. The van der Waals surface area contributed by atoms with Crippen molar-refractivity contribution < 1.29 is 9.47 Å². The average Bonchev–Trinajstić information content (AvgIpc) is 2.68. The molecule has 2 aromatic rings. The molecule has 11 heteroatoms. The summed E-state index contributed by atoms with van der Waals surface area (Å²) in [6, 6.07) is 3.43. The third-order valence-corrected chi connectivity index (χ3v) is 4.51. The Bertz CT molecular complexity index is 749. The van der Waals surface area contributed by atoms with E-state index in [1.54, 1.807) is 12.1 Å². The largest absolute Gasteiger partial charge is 0.384 e. The zero-order chi connectivity index (χ0) is 22.8. The molecule has 0 unspecified atom stereocenters. The second-order valence-corrected chi connectivity index (χ2v) is 7.79. The van der Waals surface area contributed by atoms with Crippen LogP contribution in [0, 0.1) is 13.8 Å². The van der Waals surface area contributed by atoms with Crippen molar-refractivity contribution >= 4 is 29.2 Å². The number of nitrogen functional groups attached to an aromatic ring is 2. The Balaban J connectivity index is 0.000000181. The topological polar surface area (TPSA) is 137 Å². The molecule has 4 rings (SSSR count). The van der Waals surface area contributed by atoms with Gasteiger partial charge in [0.1, 0.15) is 11.6 Å². The number of halogens is 1. The van der Waals surface area contributed by atoms with Crippen LogP contribution in [0.2, 0.25) is 5.28 Å². The number of ether oxygens (including phenoxy) is 2. The van der Waals surface area contributed by atoms with Gasteiger partial charge in [-0.2, -0.15) is 4.98 Å². The van der Waals surface area contributed by atoms with E-state index in [4.69, 9.17) is 32.5 Å². The first-order valence-corrected chi connectivity index (χ1v) is 10.7. The summed E-state index contributed by atoms with van der Waals surface area (Å²) in [6.07, 6.45) is 0.651. The summed E-state index contributed by atoms with van der Waals surface area (Å²) in [5, 5.41) is 3.41. The number of anilines is 3. The molecule has 0 bridgehead atoms. The highest BCUT2D eigenvalue weighted by Gasteiger charge is 2.19. The summed E-state index contributed by atoms with van der Waals surface area (Å²) in [4.78, 5) is 18.2. The summed E-state index contributed by atoms with van der Waals surface area (Å²) in [7, 11) is 0. The second-order valence-electron chi connectivity index (χ2n) is 7.45. The van der Waals surface area contributed by atoms with E-state index in [9.17, 15) is 0 Å². The number of nitrogens with one attached hydrogen (secondary N) is 1. The third-order valence-electron chi connectivity index (χ3n) is 4.35.